The summed E-state index contributed by atoms with van der Waals surface area (Å²) in [5.74, 6) is -3.92. The van der Waals surface area contributed by atoms with E-state index < -0.39 is 46.6 Å². The van der Waals surface area contributed by atoms with E-state index in [-0.39, 0.29) is 5.96 Å². The standard InChI is InChI=1S/C13H12ClF5N6O3/c1-2-25-12(22-23-24-25)21-10(26)5-3-4-6(28-13(17,18)19)8(7(5)14)20-11(27)9(15)16/h3-4,9,23-24H,2H2,1H3,(H,20,27)(H,21,22,26). The molecule has 0 unspecified atom stereocenters. The number of ether oxygens (including phenoxy) is 1. The zero-order chi connectivity index (χ0) is 21.1. The molecule has 154 valence electrons. The highest BCUT2D eigenvalue weighted by Crippen LogP contribution is 2.38. The largest absolute Gasteiger partial charge is 0.573 e. The van der Waals surface area contributed by atoms with Gasteiger partial charge in [0.25, 0.3) is 11.8 Å². The second kappa shape index (κ2) is 8.43. The van der Waals surface area contributed by atoms with E-state index in [1.54, 1.807) is 6.92 Å². The molecule has 1 aliphatic heterocycles. The summed E-state index contributed by atoms with van der Waals surface area (Å²) in [5, 5.41) is 8.16. The third-order valence-electron chi connectivity index (χ3n) is 3.16. The van der Waals surface area contributed by atoms with E-state index in [4.69, 9.17) is 11.6 Å². The lowest BCUT2D eigenvalue weighted by Crippen LogP contribution is -2.47. The quantitative estimate of drug-likeness (QED) is 0.531. The normalized spacial score (nSPS) is 13.9. The second-order valence-electron chi connectivity index (χ2n) is 5.00. The van der Waals surface area contributed by atoms with Crippen LogP contribution in [0.1, 0.15) is 17.3 Å². The number of benzene rings is 1. The maximum Gasteiger partial charge on any atom is 0.573 e. The van der Waals surface area contributed by atoms with E-state index in [0.717, 1.165) is 6.07 Å². The van der Waals surface area contributed by atoms with Crippen LogP contribution in [0.15, 0.2) is 17.2 Å². The number of amides is 2. The minimum absolute atomic E-state index is 0.0114. The number of hydrazone groups is 1. The number of hydrazine groups is 2. The van der Waals surface area contributed by atoms with Gasteiger partial charge in [-0.2, -0.15) is 8.78 Å². The Morgan fingerprint density at radius 1 is 1.32 bits per heavy atom. The molecule has 0 saturated heterocycles. The van der Waals surface area contributed by atoms with Gasteiger partial charge in [0.1, 0.15) is 5.69 Å². The van der Waals surface area contributed by atoms with Crippen molar-refractivity contribution >= 4 is 35.1 Å². The van der Waals surface area contributed by atoms with Crippen LogP contribution in [0.2, 0.25) is 5.02 Å². The third-order valence-corrected chi connectivity index (χ3v) is 3.56. The zero-order valence-corrected chi connectivity index (χ0v) is 14.6. The van der Waals surface area contributed by atoms with Gasteiger partial charge in [-0.25, -0.2) is 5.53 Å². The highest BCUT2D eigenvalue weighted by molar-refractivity contribution is 6.37. The molecule has 0 aliphatic carbocycles. The molecule has 2 amide bonds. The molecular formula is C13H12ClF5N6O3. The van der Waals surface area contributed by atoms with Gasteiger partial charge in [0, 0.05) is 6.54 Å². The Morgan fingerprint density at radius 3 is 2.57 bits per heavy atom. The van der Waals surface area contributed by atoms with Gasteiger partial charge in [-0.1, -0.05) is 11.6 Å². The molecule has 0 aromatic heterocycles. The first kappa shape index (κ1) is 21.4. The molecule has 0 bridgehead atoms. The number of guanidine groups is 1. The van der Waals surface area contributed by atoms with Crippen molar-refractivity contribution in [1.82, 2.24) is 21.4 Å². The molecule has 1 aliphatic rings. The fraction of sp³-hybridized carbons (Fsp3) is 0.308. The summed E-state index contributed by atoms with van der Waals surface area (Å²) in [4.78, 5) is 23.6. The zero-order valence-electron chi connectivity index (χ0n) is 13.8. The Hall–Kier alpha value is -2.87. The van der Waals surface area contributed by atoms with E-state index in [1.165, 1.54) is 10.3 Å². The van der Waals surface area contributed by atoms with Gasteiger partial charge >= 0.3 is 12.8 Å². The first-order valence-corrected chi connectivity index (χ1v) is 7.75. The molecule has 2 rings (SSSR count). The number of hydrogen-bond acceptors (Lipinski definition) is 7. The number of hydrogen-bond donors (Lipinski definition) is 4. The first-order chi connectivity index (χ1) is 13.0. The van der Waals surface area contributed by atoms with Gasteiger partial charge in [-0.15, -0.1) is 23.8 Å². The summed E-state index contributed by atoms with van der Waals surface area (Å²) in [6, 6.07) is 1.52. The molecule has 1 aromatic carbocycles. The lowest BCUT2D eigenvalue weighted by molar-refractivity contribution is -0.274. The van der Waals surface area contributed by atoms with Crippen molar-refractivity contribution in [1.29, 1.82) is 0 Å². The van der Waals surface area contributed by atoms with Crippen molar-refractivity contribution in [3.63, 3.8) is 0 Å². The Balaban J connectivity index is 2.37. The Morgan fingerprint density at radius 2 is 2.00 bits per heavy atom. The molecule has 1 aromatic rings. The molecule has 28 heavy (non-hydrogen) atoms. The van der Waals surface area contributed by atoms with Gasteiger partial charge < -0.3 is 10.1 Å². The third kappa shape index (κ3) is 5.10. The Kier molecular flexibility index (Phi) is 6.45. The molecule has 0 fully saturated rings. The van der Waals surface area contributed by atoms with Crippen molar-refractivity contribution in [3.8, 4) is 5.75 Å². The van der Waals surface area contributed by atoms with Crippen LogP contribution in [0.3, 0.4) is 0 Å². The number of halogens is 6. The minimum Gasteiger partial charge on any atom is -0.404 e. The monoisotopic (exact) mass is 430 g/mol. The fourth-order valence-electron chi connectivity index (χ4n) is 1.98. The highest BCUT2D eigenvalue weighted by Gasteiger charge is 2.34. The molecule has 0 atom stereocenters. The Labute approximate surface area is 158 Å². The number of alkyl halides is 5. The van der Waals surface area contributed by atoms with E-state index >= 15 is 0 Å². The average Bonchev–Trinajstić information content (AvgIpc) is 3.03. The number of anilines is 1. The summed E-state index contributed by atoms with van der Waals surface area (Å²) < 4.78 is 66.2. The van der Waals surface area contributed by atoms with Crippen LogP contribution in [0, 0.1) is 0 Å². The molecular weight excluding hydrogens is 419 g/mol. The van der Waals surface area contributed by atoms with Crippen LogP contribution in [-0.4, -0.2) is 42.1 Å². The van der Waals surface area contributed by atoms with Gasteiger partial charge in [0.15, 0.2) is 5.75 Å². The van der Waals surface area contributed by atoms with Crippen LogP contribution in [0.25, 0.3) is 0 Å². The summed E-state index contributed by atoms with van der Waals surface area (Å²) in [6.07, 6.45) is -8.75. The van der Waals surface area contributed by atoms with Crippen molar-refractivity contribution < 1.29 is 36.3 Å². The van der Waals surface area contributed by atoms with Gasteiger partial charge in [0.05, 0.1) is 10.6 Å². The predicted octanol–water partition coefficient (Wildman–Crippen LogP) is 1.79. The molecule has 4 N–H and O–H groups in total. The first-order valence-electron chi connectivity index (χ1n) is 7.38. The van der Waals surface area contributed by atoms with Crippen LogP contribution in [0.5, 0.6) is 5.75 Å². The molecule has 0 spiro atoms. The molecule has 9 nitrogen and oxygen atoms in total. The Bertz CT molecular complexity index is 804. The van der Waals surface area contributed by atoms with E-state index in [0.29, 0.717) is 12.6 Å². The molecule has 15 heteroatoms. The van der Waals surface area contributed by atoms with Gasteiger partial charge in [-0.3, -0.25) is 19.9 Å². The summed E-state index contributed by atoms with van der Waals surface area (Å²) in [5.41, 5.74) is 3.56. The lowest BCUT2D eigenvalue weighted by atomic mass is 10.1. The highest BCUT2D eigenvalue weighted by atomic mass is 35.5. The van der Waals surface area contributed by atoms with E-state index in [9.17, 15) is 31.5 Å². The molecule has 0 saturated carbocycles. The topological polar surface area (TPSA) is 107 Å². The lowest BCUT2D eigenvalue weighted by Gasteiger charge is -2.19. The number of carbonyl (C=O) groups is 2. The maximum absolute atomic E-state index is 12.5. The number of rotatable bonds is 5. The van der Waals surface area contributed by atoms with Crippen LogP contribution in [0.4, 0.5) is 27.6 Å². The van der Waals surface area contributed by atoms with Crippen LogP contribution >= 0.6 is 11.6 Å². The van der Waals surface area contributed by atoms with Crippen LogP contribution < -0.4 is 26.4 Å². The summed E-state index contributed by atoms with van der Waals surface area (Å²) in [7, 11) is 0. The number of carbonyl (C=O) groups excluding carboxylic acids is 2. The van der Waals surface area contributed by atoms with Crippen molar-refractivity contribution in [2.75, 3.05) is 11.9 Å². The van der Waals surface area contributed by atoms with Crippen molar-refractivity contribution in [3.05, 3.63) is 22.7 Å². The molecule has 0 radical (unpaired) electrons. The summed E-state index contributed by atoms with van der Waals surface area (Å²) in [6.45, 7) is 2.09. The SMILES string of the molecule is CCN1NNN=C1NC(=O)c1ccc(OC(F)(F)F)c(NC(=O)C(F)F)c1Cl. The van der Waals surface area contributed by atoms with Crippen molar-refractivity contribution in [2.24, 2.45) is 5.10 Å². The van der Waals surface area contributed by atoms with E-state index in [2.05, 4.69) is 26.2 Å². The minimum atomic E-state index is -5.20. The van der Waals surface area contributed by atoms with Crippen LogP contribution in [-0.2, 0) is 4.79 Å². The van der Waals surface area contributed by atoms with Gasteiger partial charge in [0.2, 0.25) is 5.96 Å². The summed E-state index contributed by atoms with van der Waals surface area (Å²) >= 11 is 5.89. The molecule has 1 heterocycles. The smallest absolute Gasteiger partial charge is 0.404 e. The van der Waals surface area contributed by atoms with E-state index in [1.807, 2.05) is 0 Å². The van der Waals surface area contributed by atoms with Crippen molar-refractivity contribution in [2.45, 2.75) is 19.7 Å². The maximum atomic E-state index is 12.5. The predicted molar refractivity (Wildman–Crippen MR) is 86.3 cm³/mol. The van der Waals surface area contributed by atoms with Gasteiger partial charge in [-0.05, 0) is 19.1 Å². The number of nitrogens with one attached hydrogen (secondary N) is 4. The fourth-order valence-corrected chi connectivity index (χ4v) is 2.27. The number of nitrogens with zero attached hydrogens (tertiary/aromatic N) is 2. The average molecular weight is 431 g/mol. The second-order valence-corrected chi connectivity index (χ2v) is 5.37.